The Morgan fingerprint density at radius 1 is 1.41 bits per heavy atom. The molecule has 1 heterocycles. The number of benzene rings is 1. The van der Waals surface area contributed by atoms with Crippen molar-refractivity contribution in [1.82, 2.24) is 9.62 Å². The SMILES string of the molecule is C=CCOC(=O)N1C[C@@H](SC(=O)c2ccc(C)cc2)C[C@H]1CNS(N)(=O)=O. The standard InChI is InChI=1S/C17H23N3O5S2/c1-3-8-25-17(22)20-11-15(9-14(20)10-19-27(18,23)24)26-16(21)13-6-4-12(2)5-7-13/h3-7,14-15,19H,1,8-11H2,2H3,(H2,18,23,24)/t14-,15-/m0/s1. The van der Waals surface area contributed by atoms with Crippen LogP contribution >= 0.6 is 11.8 Å². The second-order valence-corrected chi connectivity index (χ2v) is 8.85. The predicted molar refractivity (Wildman–Crippen MR) is 105 cm³/mol. The van der Waals surface area contributed by atoms with Gasteiger partial charge in [0, 0.05) is 29.9 Å². The zero-order valence-corrected chi connectivity index (χ0v) is 16.6. The van der Waals surface area contributed by atoms with Gasteiger partial charge in [0.25, 0.3) is 10.2 Å². The van der Waals surface area contributed by atoms with E-state index in [1.54, 1.807) is 12.1 Å². The molecular formula is C17H23N3O5S2. The van der Waals surface area contributed by atoms with Crippen LogP contribution in [-0.4, -0.2) is 55.5 Å². The van der Waals surface area contributed by atoms with Crippen molar-refractivity contribution in [3.63, 3.8) is 0 Å². The molecule has 2 rings (SSSR count). The van der Waals surface area contributed by atoms with Crippen LogP contribution in [0.1, 0.15) is 22.3 Å². The van der Waals surface area contributed by atoms with Gasteiger partial charge in [0.2, 0.25) is 5.12 Å². The summed E-state index contributed by atoms with van der Waals surface area (Å²) >= 11 is 1.13. The lowest BCUT2D eigenvalue weighted by molar-refractivity contribution is 0.107. The van der Waals surface area contributed by atoms with Crippen LogP contribution < -0.4 is 9.86 Å². The van der Waals surface area contributed by atoms with E-state index in [1.807, 2.05) is 19.1 Å². The molecule has 1 aromatic carbocycles. The van der Waals surface area contributed by atoms with E-state index >= 15 is 0 Å². The van der Waals surface area contributed by atoms with Gasteiger partial charge in [0.05, 0.1) is 0 Å². The molecule has 3 N–H and O–H groups in total. The van der Waals surface area contributed by atoms with Crippen molar-refractivity contribution in [3.05, 3.63) is 48.0 Å². The summed E-state index contributed by atoms with van der Waals surface area (Å²) in [5.74, 6) is 0. The summed E-state index contributed by atoms with van der Waals surface area (Å²) in [6, 6.07) is 6.79. The van der Waals surface area contributed by atoms with E-state index < -0.39 is 22.3 Å². The molecule has 0 unspecified atom stereocenters. The second-order valence-electron chi connectivity index (χ2n) is 6.19. The van der Waals surface area contributed by atoms with Crippen molar-refractivity contribution in [2.24, 2.45) is 5.14 Å². The van der Waals surface area contributed by atoms with Crippen LogP contribution in [0.4, 0.5) is 4.79 Å². The number of aryl methyl sites for hydroxylation is 1. The lowest BCUT2D eigenvalue weighted by Crippen LogP contribution is -2.44. The number of hydrogen-bond donors (Lipinski definition) is 2. The molecule has 148 valence electrons. The average Bonchev–Trinajstić information content (AvgIpc) is 3.00. The molecule has 10 heteroatoms. The number of nitrogens with zero attached hydrogens (tertiary/aromatic N) is 1. The van der Waals surface area contributed by atoms with E-state index in [0.29, 0.717) is 12.0 Å². The van der Waals surface area contributed by atoms with Crippen LogP contribution in [0.15, 0.2) is 36.9 Å². The zero-order valence-electron chi connectivity index (χ0n) is 15.0. The van der Waals surface area contributed by atoms with Crippen molar-refractivity contribution in [1.29, 1.82) is 0 Å². The van der Waals surface area contributed by atoms with Crippen LogP contribution in [0.3, 0.4) is 0 Å². The summed E-state index contributed by atoms with van der Waals surface area (Å²) in [6.07, 6.45) is 1.30. The molecule has 0 radical (unpaired) electrons. The third-order valence-electron chi connectivity index (χ3n) is 4.02. The molecule has 0 spiro atoms. The van der Waals surface area contributed by atoms with Gasteiger partial charge in [-0.2, -0.15) is 8.42 Å². The maximum absolute atomic E-state index is 12.5. The van der Waals surface area contributed by atoms with E-state index in [0.717, 1.165) is 17.3 Å². The summed E-state index contributed by atoms with van der Waals surface area (Å²) in [5, 5.41) is 4.70. The molecule has 1 fully saturated rings. The first kappa shape index (κ1) is 21.4. The molecule has 8 nitrogen and oxygen atoms in total. The summed E-state index contributed by atoms with van der Waals surface area (Å²) in [4.78, 5) is 26.1. The fourth-order valence-electron chi connectivity index (χ4n) is 2.71. The second kappa shape index (κ2) is 9.36. The van der Waals surface area contributed by atoms with Gasteiger partial charge in [-0.05, 0) is 13.3 Å². The highest BCUT2D eigenvalue weighted by molar-refractivity contribution is 8.14. The number of thioether (sulfide) groups is 1. The fraction of sp³-hybridized carbons (Fsp3) is 0.412. The zero-order chi connectivity index (χ0) is 20.0. The van der Waals surface area contributed by atoms with Crippen molar-refractivity contribution in [2.75, 3.05) is 19.7 Å². The Kier molecular flexibility index (Phi) is 7.42. The van der Waals surface area contributed by atoms with Gasteiger partial charge in [-0.1, -0.05) is 54.2 Å². The summed E-state index contributed by atoms with van der Waals surface area (Å²) < 4.78 is 29.6. The van der Waals surface area contributed by atoms with E-state index in [4.69, 9.17) is 9.88 Å². The Labute approximate surface area is 163 Å². The Morgan fingerprint density at radius 2 is 2.07 bits per heavy atom. The van der Waals surface area contributed by atoms with Crippen molar-refractivity contribution in [2.45, 2.75) is 24.6 Å². The van der Waals surface area contributed by atoms with Gasteiger partial charge in [0.15, 0.2) is 0 Å². The van der Waals surface area contributed by atoms with E-state index in [1.165, 1.54) is 11.0 Å². The van der Waals surface area contributed by atoms with Gasteiger partial charge in [-0.25, -0.2) is 14.7 Å². The molecule has 0 aromatic heterocycles. The third kappa shape index (κ3) is 6.65. The first-order chi connectivity index (χ1) is 12.7. The van der Waals surface area contributed by atoms with Crippen molar-refractivity contribution >= 4 is 33.2 Å². The van der Waals surface area contributed by atoms with Gasteiger partial charge in [0.1, 0.15) is 6.61 Å². The van der Waals surface area contributed by atoms with Gasteiger partial charge >= 0.3 is 6.09 Å². The first-order valence-corrected chi connectivity index (χ1v) is 10.7. The lowest BCUT2D eigenvalue weighted by Gasteiger charge is -2.23. The van der Waals surface area contributed by atoms with E-state index in [9.17, 15) is 18.0 Å². The molecule has 0 saturated carbocycles. The van der Waals surface area contributed by atoms with Crippen LogP contribution in [0.25, 0.3) is 0 Å². The number of likely N-dealkylation sites (tertiary alicyclic amines) is 1. The highest BCUT2D eigenvalue weighted by atomic mass is 32.2. The summed E-state index contributed by atoms with van der Waals surface area (Å²) in [7, 11) is -3.88. The van der Waals surface area contributed by atoms with Crippen molar-refractivity contribution in [3.8, 4) is 0 Å². The number of rotatable bonds is 7. The molecule has 1 aliphatic rings. The number of hydrogen-bond acceptors (Lipinski definition) is 6. The number of carbonyl (C=O) groups excluding carboxylic acids is 2. The molecular weight excluding hydrogens is 390 g/mol. The molecule has 2 atom stereocenters. The summed E-state index contributed by atoms with van der Waals surface area (Å²) in [5.41, 5.74) is 1.64. The Balaban J connectivity index is 2.04. The molecule has 1 saturated heterocycles. The minimum Gasteiger partial charge on any atom is -0.445 e. The maximum Gasteiger partial charge on any atom is 0.410 e. The number of carbonyl (C=O) groups is 2. The normalized spacial score (nSPS) is 19.7. The Hall–Kier alpha value is -1.88. The number of nitrogens with one attached hydrogen (secondary N) is 1. The smallest absolute Gasteiger partial charge is 0.410 e. The minimum atomic E-state index is -3.88. The molecule has 1 aromatic rings. The fourth-order valence-corrected chi connectivity index (χ4v) is 4.26. The Morgan fingerprint density at radius 3 is 2.67 bits per heavy atom. The monoisotopic (exact) mass is 413 g/mol. The molecule has 0 bridgehead atoms. The van der Waals surface area contributed by atoms with Crippen LogP contribution in [0.5, 0.6) is 0 Å². The largest absolute Gasteiger partial charge is 0.445 e. The highest BCUT2D eigenvalue weighted by Crippen LogP contribution is 2.30. The molecule has 0 aliphatic carbocycles. The average molecular weight is 414 g/mol. The quantitative estimate of drug-likeness (QED) is 0.653. The van der Waals surface area contributed by atoms with Crippen molar-refractivity contribution < 1.29 is 22.7 Å². The van der Waals surface area contributed by atoms with Gasteiger partial charge in [-0.15, -0.1) is 0 Å². The first-order valence-electron chi connectivity index (χ1n) is 8.29. The number of amides is 1. The molecule has 27 heavy (non-hydrogen) atoms. The van der Waals surface area contributed by atoms with Crippen LogP contribution in [0.2, 0.25) is 0 Å². The topological polar surface area (TPSA) is 119 Å². The molecule has 1 amide bonds. The Bertz CT molecular complexity index is 795. The number of nitrogens with two attached hydrogens (primary N) is 1. The lowest BCUT2D eigenvalue weighted by atomic mass is 10.2. The van der Waals surface area contributed by atoms with Crippen LogP contribution in [-0.2, 0) is 14.9 Å². The van der Waals surface area contributed by atoms with E-state index in [2.05, 4.69) is 11.3 Å². The predicted octanol–water partition coefficient (Wildman–Crippen LogP) is 1.43. The van der Waals surface area contributed by atoms with Crippen LogP contribution in [0, 0.1) is 6.92 Å². The van der Waals surface area contributed by atoms with Gasteiger partial charge < -0.3 is 9.64 Å². The molecule has 1 aliphatic heterocycles. The third-order valence-corrected chi connectivity index (χ3v) is 5.71. The highest BCUT2D eigenvalue weighted by Gasteiger charge is 2.37. The number of ether oxygens (including phenoxy) is 1. The minimum absolute atomic E-state index is 0.0438. The van der Waals surface area contributed by atoms with E-state index in [-0.39, 0.29) is 30.1 Å². The summed E-state index contributed by atoms with van der Waals surface area (Å²) in [6.45, 7) is 5.70. The van der Waals surface area contributed by atoms with Gasteiger partial charge in [-0.3, -0.25) is 4.79 Å². The maximum atomic E-state index is 12.5.